The Kier molecular flexibility index (Phi) is 4.33. The normalized spacial score (nSPS) is 16.5. The molecule has 0 amide bonds. The monoisotopic (exact) mass is 373 g/mol. The van der Waals surface area contributed by atoms with Crippen LogP contribution in [0.4, 0.5) is 0 Å². The lowest BCUT2D eigenvalue weighted by Crippen LogP contribution is -2.10. The van der Waals surface area contributed by atoms with Crippen LogP contribution in [-0.2, 0) is 28.9 Å². The first-order valence-corrected chi connectivity index (χ1v) is 10.3. The highest BCUT2D eigenvalue weighted by atomic mass is 32.1. The van der Waals surface area contributed by atoms with E-state index in [0.29, 0.717) is 30.4 Å². The Hall–Kier alpha value is -1.79. The lowest BCUT2D eigenvalue weighted by molar-refractivity contribution is -0.133. The third kappa shape index (κ3) is 2.98. The van der Waals surface area contributed by atoms with E-state index in [9.17, 15) is 14.7 Å². The van der Waals surface area contributed by atoms with Gasteiger partial charge in [-0.25, -0.2) is 9.78 Å². The van der Waals surface area contributed by atoms with E-state index in [-0.39, 0.29) is 5.78 Å². The highest BCUT2D eigenvalue weighted by Crippen LogP contribution is 2.43. The van der Waals surface area contributed by atoms with Crippen LogP contribution in [0.2, 0.25) is 0 Å². The second-order valence-electron chi connectivity index (χ2n) is 6.67. The van der Waals surface area contributed by atoms with Gasteiger partial charge in [0.05, 0.1) is 0 Å². The second kappa shape index (κ2) is 6.50. The van der Waals surface area contributed by atoms with E-state index in [1.165, 1.54) is 16.9 Å². The number of aryl methyl sites for hydroxylation is 2. The number of carboxylic acid groups (broad SMARTS) is 1. The molecular weight excluding hydrogens is 354 g/mol. The molecule has 0 atom stereocenters. The Morgan fingerprint density at radius 3 is 2.64 bits per heavy atom. The summed E-state index contributed by atoms with van der Waals surface area (Å²) in [7, 11) is 0. The highest BCUT2D eigenvalue weighted by Gasteiger charge is 2.29. The third-order valence-electron chi connectivity index (χ3n) is 4.96. The van der Waals surface area contributed by atoms with Crippen molar-refractivity contribution in [1.29, 1.82) is 0 Å². The van der Waals surface area contributed by atoms with Gasteiger partial charge in [-0.15, -0.1) is 22.7 Å². The number of ketones is 1. The van der Waals surface area contributed by atoms with Crippen LogP contribution in [0.25, 0.3) is 10.6 Å². The maximum atomic E-state index is 12.8. The fraction of sp³-hybridized carbons (Fsp3) is 0.421. The molecule has 2 aliphatic carbocycles. The topological polar surface area (TPSA) is 67.3 Å². The van der Waals surface area contributed by atoms with Crippen LogP contribution in [0, 0.1) is 6.92 Å². The van der Waals surface area contributed by atoms with Crippen molar-refractivity contribution in [2.75, 3.05) is 0 Å². The standard InChI is InChI=1S/C19H19NO3S2/c1-10-9-24-18(20-10)17-13-6-3-7-15(13)25-16(17)8-14(21)11-4-2-5-12(11)19(22)23/h9H,2-8H2,1H3,(H,22,23). The molecule has 130 valence electrons. The Morgan fingerprint density at radius 2 is 1.92 bits per heavy atom. The first-order chi connectivity index (χ1) is 12.0. The number of aromatic nitrogens is 1. The summed E-state index contributed by atoms with van der Waals surface area (Å²) in [4.78, 5) is 31.3. The third-order valence-corrected chi connectivity index (χ3v) is 7.23. The Morgan fingerprint density at radius 1 is 1.16 bits per heavy atom. The Labute approximate surface area is 154 Å². The number of allylic oxidation sites excluding steroid dienone is 1. The lowest BCUT2D eigenvalue weighted by Gasteiger charge is -2.06. The van der Waals surface area contributed by atoms with E-state index in [4.69, 9.17) is 0 Å². The number of thiophene rings is 1. The fourth-order valence-electron chi connectivity index (χ4n) is 3.84. The molecule has 6 heteroatoms. The van der Waals surface area contributed by atoms with E-state index >= 15 is 0 Å². The average molecular weight is 373 g/mol. The molecule has 2 aromatic heterocycles. The number of carbonyl (C=O) groups excluding carboxylic acids is 1. The minimum atomic E-state index is -0.940. The molecule has 4 rings (SSSR count). The summed E-state index contributed by atoms with van der Waals surface area (Å²) in [5.41, 5.74) is 4.37. The number of fused-ring (bicyclic) bond motifs is 1. The second-order valence-corrected chi connectivity index (χ2v) is 8.71. The van der Waals surface area contributed by atoms with Gasteiger partial charge in [0.1, 0.15) is 5.01 Å². The quantitative estimate of drug-likeness (QED) is 0.846. The molecule has 2 aromatic rings. The number of nitrogens with zero attached hydrogens (tertiary/aromatic N) is 1. The van der Waals surface area contributed by atoms with Gasteiger partial charge in [-0.1, -0.05) is 0 Å². The summed E-state index contributed by atoms with van der Waals surface area (Å²) >= 11 is 3.36. The van der Waals surface area contributed by atoms with Crippen molar-refractivity contribution in [3.05, 3.63) is 37.5 Å². The van der Waals surface area contributed by atoms with E-state index in [0.717, 1.165) is 40.4 Å². The van der Waals surface area contributed by atoms with Crippen LogP contribution in [0.5, 0.6) is 0 Å². The van der Waals surface area contributed by atoms with E-state index in [1.807, 2.05) is 12.3 Å². The number of Topliss-reactive ketones (excluding diaryl/α,β-unsaturated/α-hetero) is 1. The predicted molar refractivity (Wildman–Crippen MR) is 99.4 cm³/mol. The maximum absolute atomic E-state index is 12.8. The summed E-state index contributed by atoms with van der Waals surface area (Å²) in [5, 5.41) is 12.4. The highest BCUT2D eigenvalue weighted by molar-refractivity contribution is 7.15. The summed E-state index contributed by atoms with van der Waals surface area (Å²) in [6.07, 6.45) is 5.47. The van der Waals surface area contributed by atoms with Gasteiger partial charge in [0.15, 0.2) is 5.78 Å². The molecule has 0 saturated carbocycles. The van der Waals surface area contributed by atoms with Crippen molar-refractivity contribution in [1.82, 2.24) is 4.98 Å². The van der Waals surface area contributed by atoms with E-state index in [1.54, 1.807) is 22.7 Å². The lowest BCUT2D eigenvalue weighted by atomic mass is 10.0. The molecule has 0 aliphatic heterocycles. The van der Waals surface area contributed by atoms with Gasteiger partial charge >= 0.3 is 5.97 Å². The van der Waals surface area contributed by atoms with E-state index < -0.39 is 5.97 Å². The Bertz CT molecular complexity index is 904. The largest absolute Gasteiger partial charge is 0.478 e. The zero-order valence-corrected chi connectivity index (χ0v) is 15.7. The molecule has 25 heavy (non-hydrogen) atoms. The van der Waals surface area contributed by atoms with Crippen LogP contribution in [0.3, 0.4) is 0 Å². The minimum Gasteiger partial charge on any atom is -0.478 e. The minimum absolute atomic E-state index is 0.0237. The molecule has 0 aromatic carbocycles. The van der Waals surface area contributed by atoms with Crippen LogP contribution >= 0.6 is 22.7 Å². The van der Waals surface area contributed by atoms with Gasteiger partial charge in [0.25, 0.3) is 0 Å². The number of thiazole rings is 1. The SMILES string of the molecule is Cc1csc(-c2c(CC(=O)C3=C(C(=O)O)CCC3)sc3c2CCC3)n1. The molecule has 0 bridgehead atoms. The number of hydrogen-bond acceptors (Lipinski definition) is 5. The van der Waals surface area contributed by atoms with Gasteiger partial charge in [0, 0.05) is 44.0 Å². The van der Waals surface area contributed by atoms with Crippen molar-refractivity contribution in [2.24, 2.45) is 0 Å². The number of carbonyl (C=O) groups is 2. The van der Waals surface area contributed by atoms with Crippen molar-refractivity contribution in [3.63, 3.8) is 0 Å². The van der Waals surface area contributed by atoms with Gasteiger partial charge in [-0.2, -0.15) is 0 Å². The van der Waals surface area contributed by atoms with Crippen molar-refractivity contribution < 1.29 is 14.7 Å². The van der Waals surface area contributed by atoms with Crippen LogP contribution in [0.15, 0.2) is 16.5 Å². The molecule has 0 unspecified atom stereocenters. The molecule has 0 fully saturated rings. The molecule has 4 nitrogen and oxygen atoms in total. The molecule has 2 heterocycles. The molecule has 2 aliphatic rings. The zero-order chi connectivity index (χ0) is 17.6. The predicted octanol–water partition coefficient (Wildman–Crippen LogP) is 4.35. The smallest absolute Gasteiger partial charge is 0.331 e. The van der Waals surface area contributed by atoms with Crippen LogP contribution in [0.1, 0.15) is 46.7 Å². The van der Waals surface area contributed by atoms with Gasteiger partial charge in [0.2, 0.25) is 0 Å². The summed E-state index contributed by atoms with van der Waals surface area (Å²) in [6.45, 7) is 1.99. The number of carboxylic acids is 1. The molecular formula is C19H19NO3S2. The van der Waals surface area contributed by atoms with Crippen LogP contribution in [-0.4, -0.2) is 21.8 Å². The van der Waals surface area contributed by atoms with Crippen molar-refractivity contribution >= 4 is 34.4 Å². The first-order valence-electron chi connectivity index (χ1n) is 8.59. The molecule has 0 radical (unpaired) electrons. The van der Waals surface area contributed by atoms with Gasteiger partial charge < -0.3 is 5.11 Å². The molecule has 1 N–H and O–H groups in total. The Balaban J connectivity index is 1.71. The van der Waals surface area contributed by atoms with Gasteiger partial charge in [-0.05, 0) is 51.0 Å². The molecule has 0 spiro atoms. The maximum Gasteiger partial charge on any atom is 0.331 e. The van der Waals surface area contributed by atoms with Crippen LogP contribution < -0.4 is 0 Å². The van der Waals surface area contributed by atoms with Gasteiger partial charge in [-0.3, -0.25) is 4.79 Å². The summed E-state index contributed by atoms with van der Waals surface area (Å²) < 4.78 is 0. The summed E-state index contributed by atoms with van der Waals surface area (Å²) in [5.74, 6) is -0.963. The van der Waals surface area contributed by atoms with Crippen molar-refractivity contribution in [3.8, 4) is 10.6 Å². The number of aliphatic carboxylic acids is 1. The van der Waals surface area contributed by atoms with Crippen molar-refractivity contribution in [2.45, 2.75) is 51.9 Å². The van der Waals surface area contributed by atoms with E-state index in [2.05, 4.69) is 4.98 Å². The number of hydrogen-bond donors (Lipinski definition) is 1. The zero-order valence-electron chi connectivity index (χ0n) is 14.1. The first kappa shape index (κ1) is 16.7. The fourth-order valence-corrected chi connectivity index (χ4v) is 6.20. The average Bonchev–Trinajstić information content (AvgIpc) is 3.29. The molecule has 0 saturated heterocycles. The summed E-state index contributed by atoms with van der Waals surface area (Å²) in [6, 6.07) is 0. The number of rotatable bonds is 5.